The molecule has 1 aromatic heterocycles. The molecule has 82 valence electrons. The number of ether oxygens (including phenoxy) is 1. The van der Waals surface area contributed by atoms with Gasteiger partial charge in [0.25, 0.3) is 5.56 Å². The minimum atomic E-state index is -0.276. The Kier molecular flexibility index (Phi) is 4.71. The second-order valence-corrected chi connectivity index (χ2v) is 4.29. The highest BCUT2D eigenvalue weighted by molar-refractivity contribution is 7.99. The van der Waals surface area contributed by atoms with E-state index in [2.05, 4.69) is 9.97 Å². The van der Waals surface area contributed by atoms with E-state index in [-0.39, 0.29) is 11.3 Å². The lowest BCUT2D eigenvalue weighted by atomic mass is 10.6. The van der Waals surface area contributed by atoms with Crippen molar-refractivity contribution < 1.29 is 4.74 Å². The maximum absolute atomic E-state index is 11.3. The summed E-state index contributed by atoms with van der Waals surface area (Å²) in [6.45, 7) is 1.80. The molecule has 1 aromatic rings. The van der Waals surface area contributed by atoms with Crippen molar-refractivity contribution >= 4 is 23.4 Å². The summed E-state index contributed by atoms with van der Waals surface area (Å²) >= 11 is 7.06. The van der Waals surface area contributed by atoms with Crippen LogP contribution in [-0.4, -0.2) is 22.8 Å². The first-order valence-electron chi connectivity index (χ1n) is 4.22. The SMILES string of the molecule is COc1cnc(SC/C=C(\C)Cl)[nH]c1=O. The van der Waals surface area contributed by atoms with Crippen molar-refractivity contribution in [2.45, 2.75) is 12.1 Å². The van der Waals surface area contributed by atoms with Gasteiger partial charge in [-0.05, 0) is 6.92 Å². The number of aromatic nitrogens is 2. The molecule has 0 aliphatic carbocycles. The number of nitrogens with one attached hydrogen (secondary N) is 1. The Morgan fingerprint density at radius 3 is 3.07 bits per heavy atom. The highest BCUT2D eigenvalue weighted by atomic mass is 35.5. The summed E-state index contributed by atoms with van der Waals surface area (Å²) in [7, 11) is 1.43. The van der Waals surface area contributed by atoms with Gasteiger partial charge in [0.1, 0.15) is 0 Å². The van der Waals surface area contributed by atoms with Gasteiger partial charge in [-0.25, -0.2) is 4.98 Å². The Morgan fingerprint density at radius 1 is 1.80 bits per heavy atom. The van der Waals surface area contributed by atoms with E-state index in [1.54, 1.807) is 6.92 Å². The van der Waals surface area contributed by atoms with Crippen LogP contribution in [-0.2, 0) is 0 Å². The zero-order valence-electron chi connectivity index (χ0n) is 8.41. The number of methoxy groups -OCH3 is 1. The molecule has 1 heterocycles. The van der Waals surface area contributed by atoms with E-state index in [0.29, 0.717) is 10.9 Å². The van der Waals surface area contributed by atoms with E-state index < -0.39 is 0 Å². The predicted octanol–water partition coefficient (Wildman–Crippen LogP) is 2.01. The van der Waals surface area contributed by atoms with Gasteiger partial charge in [-0.15, -0.1) is 0 Å². The number of thioether (sulfide) groups is 1. The minimum absolute atomic E-state index is 0.211. The smallest absolute Gasteiger partial charge is 0.293 e. The van der Waals surface area contributed by atoms with E-state index in [4.69, 9.17) is 16.3 Å². The van der Waals surface area contributed by atoms with Crippen LogP contribution in [0.5, 0.6) is 5.75 Å². The van der Waals surface area contributed by atoms with Gasteiger partial charge in [-0.1, -0.05) is 29.4 Å². The summed E-state index contributed by atoms with van der Waals surface area (Å²) in [5, 5.41) is 1.27. The Bertz CT molecular complexity index is 413. The van der Waals surface area contributed by atoms with Crippen molar-refractivity contribution in [2.75, 3.05) is 12.9 Å². The molecule has 15 heavy (non-hydrogen) atoms. The molecule has 6 heteroatoms. The average molecular weight is 247 g/mol. The van der Waals surface area contributed by atoms with Gasteiger partial charge in [0, 0.05) is 10.8 Å². The standard InChI is InChI=1S/C9H11ClN2O2S/c1-6(10)3-4-15-9-11-5-7(14-2)8(13)12-9/h3,5H,4H2,1-2H3,(H,11,12,13)/b6-3+. The Balaban J connectivity index is 2.68. The van der Waals surface area contributed by atoms with E-state index >= 15 is 0 Å². The van der Waals surface area contributed by atoms with Crippen LogP contribution in [0.3, 0.4) is 0 Å². The maximum Gasteiger partial charge on any atom is 0.293 e. The molecule has 0 unspecified atom stereocenters. The minimum Gasteiger partial charge on any atom is -0.490 e. The third kappa shape index (κ3) is 3.97. The number of aromatic amines is 1. The number of nitrogens with zero attached hydrogens (tertiary/aromatic N) is 1. The van der Waals surface area contributed by atoms with E-state index in [1.165, 1.54) is 25.1 Å². The van der Waals surface area contributed by atoms with Gasteiger partial charge in [0.15, 0.2) is 5.16 Å². The van der Waals surface area contributed by atoms with Crippen LogP contribution in [0.15, 0.2) is 27.3 Å². The topological polar surface area (TPSA) is 55.0 Å². The first-order chi connectivity index (χ1) is 7.13. The first-order valence-corrected chi connectivity index (χ1v) is 5.58. The zero-order chi connectivity index (χ0) is 11.3. The fourth-order valence-electron chi connectivity index (χ4n) is 0.821. The van der Waals surface area contributed by atoms with Crippen LogP contribution < -0.4 is 10.3 Å². The molecule has 4 nitrogen and oxygen atoms in total. The van der Waals surface area contributed by atoms with E-state index in [9.17, 15) is 4.79 Å². The number of hydrogen-bond acceptors (Lipinski definition) is 4. The van der Waals surface area contributed by atoms with E-state index in [1.807, 2.05) is 6.08 Å². The molecule has 0 fully saturated rings. The zero-order valence-corrected chi connectivity index (χ0v) is 9.98. The van der Waals surface area contributed by atoms with Crippen molar-refractivity contribution in [1.29, 1.82) is 0 Å². The lowest BCUT2D eigenvalue weighted by molar-refractivity contribution is 0.404. The summed E-state index contributed by atoms with van der Waals surface area (Å²) < 4.78 is 4.79. The van der Waals surface area contributed by atoms with Gasteiger partial charge in [-0.2, -0.15) is 0 Å². The Morgan fingerprint density at radius 2 is 2.53 bits per heavy atom. The molecule has 0 spiro atoms. The molecule has 0 amide bonds. The summed E-state index contributed by atoms with van der Waals surface area (Å²) in [5.41, 5.74) is -0.276. The van der Waals surface area contributed by atoms with Crippen LogP contribution in [0, 0.1) is 0 Å². The maximum atomic E-state index is 11.3. The molecule has 1 rings (SSSR count). The lowest BCUT2D eigenvalue weighted by Crippen LogP contribution is -2.10. The summed E-state index contributed by atoms with van der Waals surface area (Å²) in [6, 6.07) is 0. The first kappa shape index (κ1) is 12.1. The van der Waals surface area contributed by atoms with Crippen LogP contribution in [0.1, 0.15) is 6.92 Å². The largest absolute Gasteiger partial charge is 0.490 e. The summed E-state index contributed by atoms with van der Waals surface area (Å²) in [4.78, 5) is 17.9. The second-order valence-electron chi connectivity index (χ2n) is 2.69. The third-order valence-electron chi connectivity index (χ3n) is 1.55. The van der Waals surface area contributed by atoms with Crippen LogP contribution in [0.2, 0.25) is 0 Å². The second kappa shape index (κ2) is 5.82. The van der Waals surface area contributed by atoms with Gasteiger partial charge >= 0.3 is 0 Å². The molecule has 0 aliphatic rings. The number of allylic oxidation sites excluding steroid dienone is 1. The normalized spacial score (nSPS) is 11.5. The van der Waals surface area contributed by atoms with Crippen molar-refractivity contribution in [3.63, 3.8) is 0 Å². The molecule has 1 N–H and O–H groups in total. The quantitative estimate of drug-likeness (QED) is 0.652. The van der Waals surface area contributed by atoms with Crippen LogP contribution in [0.25, 0.3) is 0 Å². The Labute approximate surface area is 96.7 Å². The Hall–Kier alpha value is -0.940. The molecular formula is C9H11ClN2O2S. The number of hydrogen-bond donors (Lipinski definition) is 1. The number of halogens is 1. The number of H-pyrrole nitrogens is 1. The third-order valence-corrected chi connectivity index (χ3v) is 2.52. The molecular weight excluding hydrogens is 236 g/mol. The van der Waals surface area contributed by atoms with E-state index in [0.717, 1.165) is 5.03 Å². The van der Waals surface area contributed by atoms with Gasteiger partial charge in [0.05, 0.1) is 13.3 Å². The average Bonchev–Trinajstić information content (AvgIpc) is 2.17. The van der Waals surface area contributed by atoms with Gasteiger partial charge < -0.3 is 4.74 Å². The van der Waals surface area contributed by atoms with Crippen molar-refractivity contribution in [3.8, 4) is 5.75 Å². The molecule has 0 atom stereocenters. The molecule has 0 aromatic carbocycles. The molecule has 0 saturated carbocycles. The fraction of sp³-hybridized carbons (Fsp3) is 0.333. The molecule has 0 bridgehead atoms. The van der Waals surface area contributed by atoms with Crippen LogP contribution in [0.4, 0.5) is 0 Å². The van der Waals surface area contributed by atoms with Gasteiger partial charge in [-0.3, -0.25) is 9.78 Å². The molecule has 0 radical (unpaired) electrons. The van der Waals surface area contributed by atoms with Crippen molar-refractivity contribution in [3.05, 3.63) is 27.7 Å². The summed E-state index contributed by atoms with van der Waals surface area (Å²) in [6.07, 6.45) is 3.24. The fourth-order valence-corrected chi connectivity index (χ4v) is 1.77. The van der Waals surface area contributed by atoms with Gasteiger partial charge in [0.2, 0.25) is 5.75 Å². The predicted molar refractivity (Wildman–Crippen MR) is 61.7 cm³/mol. The number of rotatable bonds is 4. The summed E-state index contributed by atoms with van der Waals surface area (Å²) in [5.74, 6) is 0.883. The highest BCUT2D eigenvalue weighted by Gasteiger charge is 2.01. The highest BCUT2D eigenvalue weighted by Crippen LogP contribution is 2.13. The lowest BCUT2D eigenvalue weighted by Gasteiger charge is -2.00. The molecule has 0 aliphatic heterocycles. The van der Waals surface area contributed by atoms with Crippen molar-refractivity contribution in [1.82, 2.24) is 9.97 Å². The molecule has 0 saturated heterocycles. The van der Waals surface area contributed by atoms with Crippen LogP contribution >= 0.6 is 23.4 Å². The monoisotopic (exact) mass is 246 g/mol. The van der Waals surface area contributed by atoms with Crippen molar-refractivity contribution in [2.24, 2.45) is 0 Å².